The fourth-order valence-corrected chi connectivity index (χ4v) is 8.39. The van der Waals surface area contributed by atoms with E-state index in [9.17, 15) is 9.59 Å². The smallest absolute Gasteiger partial charge is 0.251 e. The molecule has 2 aromatic rings. The van der Waals surface area contributed by atoms with E-state index in [0.717, 1.165) is 48.3 Å². The van der Waals surface area contributed by atoms with Gasteiger partial charge in [0.1, 0.15) is 0 Å². The number of rotatable bonds is 22. The van der Waals surface area contributed by atoms with Crippen LogP contribution < -0.4 is 10.6 Å². The molecule has 0 saturated heterocycles. The van der Waals surface area contributed by atoms with Crippen molar-refractivity contribution in [3.05, 3.63) is 47.5 Å². The van der Waals surface area contributed by atoms with Gasteiger partial charge in [-0.15, -0.1) is 0 Å². The number of benzene rings is 2. The summed E-state index contributed by atoms with van der Waals surface area (Å²) in [4.78, 5) is 26.3. The molecule has 0 radical (unpaired) electrons. The predicted molar refractivity (Wildman–Crippen MR) is 205 cm³/mol. The van der Waals surface area contributed by atoms with E-state index in [1.54, 1.807) is 0 Å². The third-order valence-corrected chi connectivity index (χ3v) is 11.7. The van der Waals surface area contributed by atoms with Gasteiger partial charge in [0.2, 0.25) is 0 Å². The summed E-state index contributed by atoms with van der Waals surface area (Å²) in [5, 5.41) is 8.66. The number of fused-ring (bicyclic) bond motifs is 1. The van der Waals surface area contributed by atoms with E-state index < -0.39 is 0 Å². The normalized spacial score (nSPS) is 21.3. The summed E-state index contributed by atoms with van der Waals surface area (Å²) >= 11 is 0. The van der Waals surface area contributed by atoms with E-state index in [4.69, 9.17) is 0 Å². The Morgan fingerprint density at radius 2 is 0.812 bits per heavy atom. The molecule has 4 nitrogen and oxygen atoms in total. The zero-order valence-corrected chi connectivity index (χ0v) is 31.0. The van der Waals surface area contributed by atoms with Crippen molar-refractivity contribution in [3.63, 3.8) is 0 Å². The Morgan fingerprint density at radius 1 is 0.479 bits per heavy atom. The van der Waals surface area contributed by atoms with Crippen LogP contribution >= 0.6 is 0 Å². The van der Waals surface area contributed by atoms with Crippen molar-refractivity contribution in [3.8, 4) is 0 Å². The average Bonchev–Trinajstić information content (AvgIpc) is 3.11. The molecule has 2 aromatic carbocycles. The highest BCUT2D eigenvalue weighted by molar-refractivity contribution is 6.02. The highest BCUT2D eigenvalue weighted by atomic mass is 16.2. The third kappa shape index (κ3) is 13.9. The van der Waals surface area contributed by atoms with Crippen LogP contribution in [0.3, 0.4) is 0 Å². The standard InChI is InChI=1S/C44H70N2O2/c1-3-5-7-9-11-13-15-17-19-35-21-29-41(30-22-35)45-43(47)39-27-25-38-34-40(28-26-37(38)33-39)44(48)46-42-31-23-36(24-32-42)20-18-16-14-12-10-8-6-4-2/h25-28,33-36,41-42H,3-24,29-32H2,1-2H3,(H,45,47)(H,46,48). The topological polar surface area (TPSA) is 58.2 Å². The van der Waals surface area contributed by atoms with Gasteiger partial charge in [-0.1, -0.05) is 142 Å². The van der Waals surface area contributed by atoms with Gasteiger partial charge in [-0.2, -0.15) is 0 Å². The molecule has 2 N–H and O–H groups in total. The van der Waals surface area contributed by atoms with Gasteiger partial charge in [-0.25, -0.2) is 0 Å². The largest absolute Gasteiger partial charge is 0.349 e. The lowest BCUT2D eigenvalue weighted by atomic mass is 9.83. The van der Waals surface area contributed by atoms with Crippen molar-refractivity contribution in [2.24, 2.45) is 11.8 Å². The number of amides is 2. The highest BCUT2D eigenvalue weighted by Crippen LogP contribution is 2.30. The number of hydrogen-bond acceptors (Lipinski definition) is 2. The van der Waals surface area contributed by atoms with E-state index >= 15 is 0 Å². The molecule has 48 heavy (non-hydrogen) atoms. The Kier molecular flexibility index (Phi) is 17.9. The molecule has 0 heterocycles. The van der Waals surface area contributed by atoms with Crippen LogP contribution in [0.25, 0.3) is 10.8 Å². The molecule has 0 aromatic heterocycles. The molecule has 2 aliphatic rings. The lowest BCUT2D eigenvalue weighted by molar-refractivity contribution is 0.0912. The van der Waals surface area contributed by atoms with Crippen LogP contribution in [0.1, 0.15) is 202 Å². The molecule has 0 spiro atoms. The minimum absolute atomic E-state index is 0.0308. The Hall–Kier alpha value is -2.36. The second-order valence-corrected chi connectivity index (χ2v) is 15.7. The molecule has 0 bridgehead atoms. The van der Waals surface area contributed by atoms with Crippen LogP contribution in [0.2, 0.25) is 0 Å². The maximum Gasteiger partial charge on any atom is 0.251 e. The molecule has 0 unspecified atom stereocenters. The summed E-state index contributed by atoms with van der Waals surface area (Å²) < 4.78 is 0. The molecule has 0 atom stereocenters. The molecule has 0 aliphatic heterocycles. The fraction of sp³-hybridized carbons (Fsp3) is 0.727. The summed E-state index contributed by atoms with van der Waals surface area (Å²) in [5.74, 6) is 1.74. The Morgan fingerprint density at radius 3 is 1.17 bits per heavy atom. The first-order chi connectivity index (χ1) is 23.6. The Labute approximate surface area is 294 Å². The van der Waals surface area contributed by atoms with Crippen LogP contribution in [0, 0.1) is 11.8 Å². The number of hydrogen-bond donors (Lipinski definition) is 2. The van der Waals surface area contributed by atoms with E-state index in [-0.39, 0.29) is 23.9 Å². The maximum atomic E-state index is 13.2. The number of carbonyl (C=O) groups excluding carboxylic acids is 2. The predicted octanol–water partition coefficient (Wildman–Crippen LogP) is 12.5. The summed E-state index contributed by atoms with van der Waals surface area (Å²) in [5.41, 5.74) is 1.42. The summed E-state index contributed by atoms with van der Waals surface area (Å²) in [7, 11) is 0. The fourth-order valence-electron chi connectivity index (χ4n) is 8.39. The first kappa shape index (κ1) is 38.4. The van der Waals surface area contributed by atoms with E-state index in [2.05, 4.69) is 24.5 Å². The van der Waals surface area contributed by atoms with Gasteiger partial charge in [-0.3, -0.25) is 9.59 Å². The van der Waals surface area contributed by atoms with Crippen molar-refractivity contribution in [1.82, 2.24) is 10.6 Å². The van der Waals surface area contributed by atoms with Gasteiger partial charge in [0.25, 0.3) is 11.8 Å². The molecule has 2 aliphatic carbocycles. The minimum atomic E-state index is 0.0308. The summed E-state index contributed by atoms with van der Waals surface area (Å²) in [6, 6.07) is 12.4. The SMILES string of the molecule is CCCCCCCCCCC1CCC(NC(=O)c2ccc3cc(C(=O)NC4CCC(CCCCCCCCCC)CC4)ccc3c2)CC1. The zero-order chi connectivity index (χ0) is 33.8. The maximum absolute atomic E-state index is 13.2. The molecule has 268 valence electrons. The first-order valence-corrected chi connectivity index (χ1v) is 20.7. The average molecular weight is 659 g/mol. The van der Waals surface area contributed by atoms with E-state index in [0.29, 0.717) is 11.1 Å². The number of nitrogens with one attached hydrogen (secondary N) is 2. The van der Waals surface area contributed by atoms with Gasteiger partial charge >= 0.3 is 0 Å². The van der Waals surface area contributed by atoms with E-state index in [1.807, 2.05) is 36.4 Å². The van der Waals surface area contributed by atoms with Crippen molar-refractivity contribution in [2.45, 2.75) is 193 Å². The first-order valence-electron chi connectivity index (χ1n) is 20.7. The van der Waals surface area contributed by atoms with Crippen molar-refractivity contribution in [1.29, 1.82) is 0 Å². The van der Waals surface area contributed by atoms with Crippen molar-refractivity contribution >= 4 is 22.6 Å². The molecule has 2 fully saturated rings. The van der Waals surface area contributed by atoms with Gasteiger partial charge < -0.3 is 10.6 Å². The highest BCUT2D eigenvalue weighted by Gasteiger charge is 2.24. The van der Waals surface area contributed by atoms with Crippen LogP contribution in [0.5, 0.6) is 0 Å². The van der Waals surface area contributed by atoms with E-state index in [1.165, 1.54) is 141 Å². The Balaban J connectivity index is 1.11. The monoisotopic (exact) mass is 659 g/mol. The molecule has 4 rings (SSSR count). The van der Waals surface area contributed by atoms with Gasteiger partial charge in [0.15, 0.2) is 0 Å². The van der Waals surface area contributed by atoms with Crippen LogP contribution in [-0.4, -0.2) is 23.9 Å². The van der Waals surface area contributed by atoms with Gasteiger partial charge in [-0.05, 0) is 98.2 Å². The van der Waals surface area contributed by atoms with Gasteiger partial charge in [0.05, 0.1) is 0 Å². The number of carbonyl (C=O) groups is 2. The lowest BCUT2D eigenvalue weighted by Gasteiger charge is -2.29. The van der Waals surface area contributed by atoms with Crippen molar-refractivity contribution in [2.75, 3.05) is 0 Å². The zero-order valence-electron chi connectivity index (χ0n) is 31.0. The number of unbranched alkanes of at least 4 members (excludes halogenated alkanes) is 14. The second-order valence-electron chi connectivity index (χ2n) is 15.7. The summed E-state index contributed by atoms with van der Waals surface area (Å²) in [6.07, 6.45) is 34.3. The molecular weight excluding hydrogens is 588 g/mol. The third-order valence-electron chi connectivity index (χ3n) is 11.7. The lowest BCUT2D eigenvalue weighted by Crippen LogP contribution is -2.37. The molecule has 2 saturated carbocycles. The van der Waals surface area contributed by atoms with Crippen LogP contribution in [-0.2, 0) is 0 Å². The van der Waals surface area contributed by atoms with Crippen molar-refractivity contribution < 1.29 is 9.59 Å². The van der Waals surface area contributed by atoms with Crippen LogP contribution in [0.15, 0.2) is 36.4 Å². The van der Waals surface area contributed by atoms with Gasteiger partial charge in [0, 0.05) is 23.2 Å². The molecular formula is C44H70N2O2. The molecule has 2 amide bonds. The van der Waals surface area contributed by atoms with Crippen LogP contribution in [0.4, 0.5) is 0 Å². The quantitative estimate of drug-likeness (QED) is 0.124. The molecule has 4 heteroatoms. The second kappa shape index (κ2) is 22.4. The minimum Gasteiger partial charge on any atom is -0.349 e. The summed E-state index contributed by atoms with van der Waals surface area (Å²) in [6.45, 7) is 4.56. The Bertz CT molecular complexity index is 1100.